The number of nitrogens with one attached hydrogen (secondary N) is 1. The van der Waals surface area contributed by atoms with E-state index in [0.29, 0.717) is 29.9 Å². The molecule has 0 bridgehead atoms. The first kappa shape index (κ1) is 16.6. The first-order chi connectivity index (χ1) is 11.5. The van der Waals surface area contributed by atoms with Gasteiger partial charge in [0, 0.05) is 24.9 Å². The SMILES string of the molecule is Cc1c(F)cccc1[C@]1(C(=O)NO)CC[C@@H](c2ccnn2C)CC1. The van der Waals surface area contributed by atoms with Crippen LogP contribution < -0.4 is 5.48 Å². The molecule has 1 aromatic carbocycles. The van der Waals surface area contributed by atoms with Gasteiger partial charge >= 0.3 is 0 Å². The molecule has 1 aliphatic rings. The number of aryl methyl sites for hydroxylation is 1. The maximum absolute atomic E-state index is 14.0. The number of hydroxylamine groups is 1. The Bertz CT molecular complexity index is 748. The maximum atomic E-state index is 14.0. The van der Waals surface area contributed by atoms with Crippen molar-refractivity contribution in [2.24, 2.45) is 7.05 Å². The van der Waals surface area contributed by atoms with Crippen molar-refractivity contribution in [2.75, 3.05) is 0 Å². The van der Waals surface area contributed by atoms with Gasteiger partial charge in [0.05, 0.1) is 5.41 Å². The summed E-state index contributed by atoms with van der Waals surface area (Å²) in [5.41, 5.74) is 3.19. The fraction of sp³-hybridized carbons (Fsp3) is 0.444. The smallest absolute Gasteiger partial charge is 0.253 e. The standard InChI is InChI=1S/C18H22FN3O2/c1-12-14(4-3-5-15(12)19)18(17(23)21-24)9-6-13(7-10-18)16-8-11-20-22(16)2/h3-5,8,11,13,24H,6-7,9-10H2,1-2H3,(H,21,23)/t13-,18+. The quantitative estimate of drug-likeness (QED) is 0.671. The minimum absolute atomic E-state index is 0.311. The summed E-state index contributed by atoms with van der Waals surface area (Å²) in [5, 5.41) is 13.5. The molecular formula is C18H22FN3O2. The third-order valence-corrected chi connectivity index (χ3v) is 5.44. The molecule has 1 fully saturated rings. The van der Waals surface area contributed by atoms with Crippen LogP contribution >= 0.6 is 0 Å². The Kier molecular flexibility index (Phi) is 4.41. The lowest BCUT2D eigenvalue weighted by Crippen LogP contribution is -2.46. The minimum atomic E-state index is -0.893. The van der Waals surface area contributed by atoms with Crippen molar-refractivity contribution in [1.82, 2.24) is 15.3 Å². The second kappa shape index (κ2) is 6.36. The Morgan fingerprint density at radius 2 is 2.08 bits per heavy atom. The highest BCUT2D eigenvalue weighted by Crippen LogP contribution is 2.46. The summed E-state index contributed by atoms with van der Waals surface area (Å²) in [6.07, 6.45) is 4.44. The molecule has 0 spiro atoms. The normalized spacial score (nSPS) is 23.9. The molecule has 2 N–H and O–H groups in total. The zero-order valence-corrected chi connectivity index (χ0v) is 13.9. The van der Waals surface area contributed by atoms with E-state index in [1.165, 1.54) is 6.07 Å². The zero-order valence-electron chi connectivity index (χ0n) is 13.9. The van der Waals surface area contributed by atoms with Crippen LogP contribution in [0.1, 0.15) is 48.4 Å². The second-order valence-corrected chi connectivity index (χ2v) is 6.59. The van der Waals surface area contributed by atoms with E-state index in [2.05, 4.69) is 5.10 Å². The lowest BCUT2D eigenvalue weighted by molar-refractivity contribution is -0.136. The van der Waals surface area contributed by atoms with Gasteiger partial charge in [0.2, 0.25) is 0 Å². The van der Waals surface area contributed by atoms with Crippen LogP contribution in [-0.4, -0.2) is 20.9 Å². The molecule has 5 nitrogen and oxygen atoms in total. The number of halogens is 1. The number of rotatable bonds is 3. The van der Waals surface area contributed by atoms with E-state index >= 15 is 0 Å². The van der Waals surface area contributed by atoms with Crippen LogP contribution in [0, 0.1) is 12.7 Å². The lowest BCUT2D eigenvalue weighted by atomic mass is 9.64. The topological polar surface area (TPSA) is 67.2 Å². The predicted octanol–water partition coefficient (Wildman–Crippen LogP) is 2.97. The van der Waals surface area contributed by atoms with Crippen molar-refractivity contribution in [3.63, 3.8) is 0 Å². The molecule has 0 radical (unpaired) electrons. The van der Waals surface area contributed by atoms with Gasteiger partial charge in [-0.1, -0.05) is 12.1 Å². The van der Waals surface area contributed by atoms with Gasteiger partial charge in [-0.25, -0.2) is 9.87 Å². The largest absolute Gasteiger partial charge is 0.289 e. The van der Waals surface area contributed by atoms with Crippen LogP contribution in [0.4, 0.5) is 4.39 Å². The summed E-state index contributed by atoms with van der Waals surface area (Å²) in [7, 11) is 1.91. The number of carbonyl (C=O) groups is 1. The molecule has 6 heteroatoms. The number of nitrogens with zero attached hydrogens (tertiary/aromatic N) is 2. The summed E-state index contributed by atoms with van der Waals surface area (Å²) < 4.78 is 15.9. The van der Waals surface area contributed by atoms with Crippen LogP contribution in [0.3, 0.4) is 0 Å². The zero-order chi connectivity index (χ0) is 17.3. The highest BCUT2D eigenvalue weighted by Gasteiger charge is 2.45. The third kappa shape index (κ3) is 2.60. The Balaban J connectivity index is 1.94. The Hall–Kier alpha value is -2.21. The summed E-state index contributed by atoms with van der Waals surface area (Å²) in [4.78, 5) is 12.5. The van der Waals surface area contributed by atoms with Crippen LogP contribution in [0.5, 0.6) is 0 Å². The minimum Gasteiger partial charge on any atom is -0.289 e. The molecule has 2 aromatic rings. The monoisotopic (exact) mass is 331 g/mol. The van der Waals surface area contributed by atoms with Crippen LogP contribution in [0.2, 0.25) is 0 Å². The van der Waals surface area contributed by atoms with Crippen molar-refractivity contribution >= 4 is 5.91 Å². The van der Waals surface area contributed by atoms with E-state index in [0.717, 1.165) is 18.5 Å². The Morgan fingerprint density at radius 3 is 2.67 bits per heavy atom. The number of hydrogen-bond donors (Lipinski definition) is 2. The van der Waals surface area contributed by atoms with Crippen molar-refractivity contribution in [3.05, 3.63) is 53.1 Å². The van der Waals surface area contributed by atoms with Gasteiger partial charge in [-0.2, -0.15) is 5.10 Å². The Labute approximate surface area is 140 Å². The third-order valence-electron chi connectivity index (χ3n) is 5.44. The van der Waals surface area contributed by atoms with Crippen LogP contribution in [-0.2, 0) is 17.3 Å². The molecule has 0 atom stereocenters. The molecule has 1 aromatic heterocycles. The van der Waals surface area contributed by atoms with Crippen LogP contribution in [0.25, 0.3) is 0 Å². The molecule has 1 saturated carbocycles. The van der Waals surface area contributed by atoms with E-state index in [1.54, 1.807) is 30.7 Å². The number of hydrogen-bond acceptors (Lipinski definition) is 3. The molecule has 0 saturated heterocycles. The van der Waals surface area contributed by atoms with E-state index < -0.39 is 11.3 Å². The van der Waals surface area contributed by atoms with Gasteiger partial charge in [0.1, 0.15) is 5.82 Å². The number of benzene rings is 1. The Morgan fingerprint density at radius 1 is 1.38 bits per heavy atom. The molecule has 3 rings (SSSR count). The van der Waals surface area contributed by atoms with Gasteiger partial charge in [0.15, 0.2) is 0 Å². The molecule has 1 aliphatic carbocycles. The molecule has 0 aliphatic heterocycles. The summed E-state index contributed by atoms with van der Waals surface area (Å²) in [6, 6.07) is 6.80. The first-order valence-corrected chi connectivity index (χ1v) is 8.17. The molecule has 1 heterocycles. The molecule has 24 heavy (non-hydrogen) atoms. The summed E-state index contributed by atoms with van der Waals surface area (Å²) >= 11 is 0. The van der Waals surface area contributed by atoms with E-state index in [9.17, 15) is 14.4 Å². The number of aromatic nitrogens is 2. The lowest BCUT2D eigenvalue weighted by Gasteiger charge is -2.39. The molecule has 0 unspecified atom stereocenters. The molecule has 1 amide bonds. The van der Waals surface area contributed by atoms with Gasteiger partial charge in [-0.15, -0.1) is 0 Å². The van der Waals surface area contributed by atoms with E-state index in [1.807, 2.05) is 17.8 Å². The van der Waals surface area contributed by atoms with Gasteiger partial charge in [-0.3, -0.25) is 14.7 Å². The molecular weight excluding hydrogens is 309 g/mol. The van der Waals surface area contributed by atoms with Crippen molar-refractivity contribution in [1.29, 1.82) is 0 Å². The first-order valence-electron chi connectivity index (χ1n) is 8.17. The van der Waals surface area contributed by atoms with Crippen molar-refractivity contribution in [3.8, 4) is 0 Å². The number of amides is 1. The average Bonchev–Trinajstić information content (AvgIpc) is 3.02. The number of carbonyl (C=O) groups excluding carboxylic acids is 1. The van der Waals surface area contributed by atoms with Gasteiger partial charge in [-0.05, 0) is 55.9 Å². The fourth-order valence-electron chi connectivity index (χ4n) is 4.04. The second-order valence-electron chi connectivity index (χ2n) is 6.59. The predicted molar refractivity (Wildman–Crippen MR) is 87.2 cm³/mol. The van der Waals surface area contributed by atoms with Gasteiger partial charge < -0.3 is 0 Å². The fourth-order valence-corrected chi connectivity index (χ4v) is 4.04. The highest BCUT2D eigenvalue weighted by molar-refractivity contribution is 5.88. The van der Waals surface area contributed by atoms with Crippen molar-refractivity contribution in [2.45, 2.75) is 43.9 Å². The van der Waals surface area contributed by atoms with E-state index in [4.69, 9.17) is 0 Å². The highest BCUT2D eigenvalue weighted by atomic mass is 19.1. The van der Waals surface area contributed by atoms with Crippen LogP contribution in [0.15, 0.2) is 30.5 Å². The summed E-state index contributed by atoms with van der Waals surface area (Å²) in [6.45, 7) is 1.68. The maximum Gasteiger partial charge on any atom is 0.253 e. The molecule has 128 valence electrons. The summed E-state index contributed by atoms with van der Waals surface area (Å²) in [5.74, 6) is -0.475. The van der Waals surface area contributed by atoms with Gasteiger partial charge in [0.25, 0.3) is 5.91 Å². The van der Waals surface area contributed by atoms with Crippen molar-refractivity contribution < 1.29 is 14.4 Å². The average molecular weight is 331 g/mol. The van der Waals surface area contributed by atoms with E-state index in [-0.39, 0.29) is 5.82 Å².